The van der Waals surface area contributed by atoms with Crippen LogP contribution in [0.3, 0.4) is 0 Å². The highest BCUT2D eigenvalue weighted by Crippen LogP contribution is 2.05. The Morgan fingerprint density at radius 3 is 2.10 bits per heavy atom. The fourth-order valence-corrected chi connectivity index (χ4v) is 2.68. The predicted octanol–water partition coefficient (Wildman–Crippen LogP) is 3.08. The van der Waals surface area contributed by atoms with E-state index < -0.39 is 0 Å². The zero-order valence-electron chi connectivity index (χ0n) is 19.1. The monoisotopic (exact) mass is 427 g/mol. The van der Waals surface area contributed by atoms with E-state index in [9.17, 15) is 4.79 Å². The molecule has 0 amide bonds. The van der Waals surface area contributed by atoms with E-state index in [4.69, 9.17) is 18.9 Å². The van der Waals surface area contributed by atoms with Gasteiger partial charge in [-0.25, -0.2) is 4.68 Å². The number of hydrogen-bond donors (Lipinski definition) is 0. The largest absolute Gasteiger partial charge is 0.379 e. The molecule has 0 aliphatic carbocycles. The van der Waals surface area contributed by atoms with E-state index in [0.29, 0.717) is 65.8 Å². The van der Waals surface area contributed by atoms with Gasteiger partial charge in [0.15, 0.2) is 0 Å². The fourth-order valence-electron chi connectivity index (χ4n) is 2.68. The Kier molecular flexibility index (Phi) is 16.4. The minimum atomic E-state index is 0.0755. The zero-order valence-corrected chi connectivity index (χ0v) is 19.1. The van der Waals surface area contributed by atoms with Gasteiger partial charge in [-0.05, 0) is 12.8 Å². The first kappa shape index (κ1) is 26.7. The lowest BCUT2D eigenvalue weighted by Crippen LogP contribution is -2.14. The molecule has 30 heavy (non-hydrogen) atoms. The number of rotatable bonds is 21. The summed E-state index contributed by atoms with van der Waals surface area (Å²) in [5.74, 6) is 0.307. The maximum Gasteiger partial charge on any atom is 0.137 e. The molecule has 1 aromatic rings. The van der Waals surface area contributed by atoms with Crippen LogP contribution in [-0.2, 0) is 36.7 Å². The lowest BCUT2D eigenvalue weighted by Gasteiger charge is -2.08. The third kappa shape index (κ3) is 14.6. The summed E-state index contributed by atoms with van der Waals surface area (Å²) >= 11 is 0. The van der Waals surface area contributed by atoms with Crippen molar-refractivity contribution in [3.05, 3.63) is 11.9 Å². The van der Waals surface area contributed by atoms with Crippen LogP contribution in [0.15, 0.2) is 6.20 Å². The van der Waals surface area contributed by atoms with Crippen LogP contribution in [0, 0.1) is 5.92 Å². The van der Waals surface area contributed by atoms with Crippen molar-refractivity contribution < 1.29 is 23.7 Å². The molecule has 0 atom stereocenters. The van der Waals surface area contributed by atoms with Crippen molar-refractivity contribution in [2.75, 3.05) is 52.9 Å². The average Bonchev–Trinajstić information content (AvgIpc) is 3.18. The van der Waals surface area contributed by atoms with E-state index in [0.717, 1.165) is 12.1 Å². The molecule has 8 nitrogen and oxygen atoms in total. The zero-order chi connectivity index (χ0) is 21.9. The summed E-state index contributed by atoms with van der Waals surface area (Å²) in [7, 11) is 0. The van der Waals surface area contributed by atoms with Gasteiger partial charge in [-0.1, -0.05) is 45.2 Å². The third-order valence-electron chi connectivity index (χ3n) is 4.59. The molecule has 0 saturated heterocycles. The van der Waals surface area contributed by atoms with Crippen LogP contribution in [0.5, 0.6) is 0 Å². The van der Waals surface area contributed by atoms with Gasteiger partial charge in [-0.3, -0.25) is 4.79 Å². The second-order valence-corrected chi connectivity index (χ2v) is 7.60. The van der Waals surface area contributed by atoms with Gasteiger partial charge in [-0.2, -0.15) is 0 Å². The van der Waals surface area contributed by atoms with Crippen LogP contribution < -0.4 is 0 Å². The summed E-state index contributed by atoms with van der Waals surface area (Å²) in [6.07, 6.45) is 8.45. The normalized spacial score (nSPS) is 11.5. The molecule has 0 aliphatic heterocycles. The van der Waals surface area contributed by atoms with Crippen molar-refractivity contribution in [2.24, 2.45) is 5.92 Å². The van der Waals surface area contributed by atoms with Crippen LogP contribution in [0.25, 0.3) is 0 Å². The second-order valence-electron chi connectivity index (χ2n) is 7.60. The van der Waals surface area contributed by atoms with Crippen molar-refractivity contribution in [2.45, 2.75) is 65.8 Å². The SMILES string of the molecule is CCCCCCc1cn(CCOCCOCCOCCOCCC(=O)C(C)C)nn1. The molecule has 0 spiro atoms. The molecule has 174 valence electrons. The van der Waals surface area contributed by atoms with Gasteiger partial charge in [-0.15, -0.1) is 5.10 Å². The Hall–Kier alpha value is -1.35. The summed E-state index contributed by atoms with van der Waals surface area (Å²) in [5.41, 5.74) is 1.06. The van der Waals surface area contributed by atoms with E-state index in [1.165, 1.54) is 25.7 Å². The second kappa shape index (κ2) is 18.4. The molecule has 1 rings (SSSR count). The summed E-state index contributed by atoms with van der Waals surface area (Å²) in [6.45, 7) is 10.9. The van der Waals surface area contributed by atoms with Crippen LogP contribution >= 0.6 is 0 Å². The summed E-state index contributed by atoms with van der Waals surface area (Å²) in [5, 5.41) is 8.34. The fraction of sp³-hybridized carbons (Fsp3) is 0.864. The number of hydrogen-bond acceptors (Lipinski definition) is 7. The van der Waals surface area contributed by atoms with Crippen molar-refractivity contribution in [1.29, 1.82) is 0 Å². The van der Waals surface area contributed by atoms with Crippen molar-refractivity contribution in [3.63, 3.8) is 0 Å². The molecular weight excluding hydrogens is 386 g/mol. The molecule has 0 aliphatic rings. The number of ketones is 1. The number of aromatic nitrogens is 3. The Balaban J connectivity index is 1.82. The number of Topliss-reactive ketones (excluding diaryl/α,β-unsaturated/α-hetero) is 1. The number of ether oxygens (including phenoxy) is 4. The van der Waals surface area contributed by atoms with Crippen molar-refractivity contribution in [3.8, 4) is 0 Å². The third-order valence-corrected chi connectivity index (χ3v) is 4.59. The van der Waals surface area contributed by atoms with E-state index in [1.807, 2.05) is 24.7 Å². The highest BCUT2D eigenvalue weighted by Gasteiger charge is 2.06. The van der Waals surface area contributed by atoms with Crippen LogP contribution in [0.2, 0.25) is 0 Å². The smallest absolute Gasteiger partial charge is 0.137 e. The van der Waals surface area contributed by atoms with Gasteiger partial charge in [0.2, 0.25) is 0 Å². The maximum absolute atomic E-state index is 11.4. The highest BCUT2D eigenvalue weighted by molar-refractivity contribution is 5.80. The standard InChI is InChI=1S/C22H41N3O5/c1-4-5-6-7-8-21-19-25(24-23-21)10-12-28-14-16-30-18-17-29-15-13-27-11-9-22(26)20(2)3/h19-20H,4-18H2,1-3H3. The van der Waals surface area contributed by atoms with Gasteiger partial charge in [0, 0.05) is 18.5 Å². The Morgan fingerprint density at radius 2 is 1.50 bits per heavy atom. The van der Waals surface area contributed by atoms with Gasteiger partial charge in [0.25, 0.3) is 0 Å². The van der Waals surface area contributed by atoms with Crippen molar-refractivity contribution in [1.82, 2.24) is 15.0 Å². The van der Waals surface area contributed by atoms with Gasteiger partial charge in [0.05, 0.1) is 65.1 Å². The molecule has 0 radical (unpaired) electrons. The first-order chi connectivity index (χ1) is 14.6. The maximum atomic E-state index is 11.4. The number of carbonyl (C=O) groups excluding carboxylic acids is 1. The van der Waals surface area contributed by atoms with Gasteiger partial charge in [0.1, 0.15) is 5.78 Å². The minimum absolute atomic E-state index is 0.0755. The number of nitrogens with zero attached hydrogens (tertiary/aromatic N) is 3. The molecule has 0 N–H and O–H groups in total. The first-order valence-electron chi connectivity index (χ1n) is 11.4. The molecule has 0 fully saturated rings. The highest BCUT2D eigenvalue weighted by atomic mass is 16.6. The van der Waals surface area contributed by atoms with Crippen LogP contribution in [0.4, 0.5) is 0 Å². The lowest BCUT2D eigenvalue weighted by atomic mass is 10.1. The Bertz CT molecular complexity index is 537. The van der Waals surface area contributed by atoms with Crippen LogP contribution in [0.1, 0.15) is 58.6 Å². The summed E-state index contributed by atoms with van der Waals surface area (Å²) in [4.78, 5) is 11.4. The van der Waals surface area contributed by atoms with E-state index >= 15 is 0 Å². The number of unbranched alkanes of at least 4 members (excludes halogenated alkanes) is 3. The quantitative estimate of drug-likeness (QED) is 0.279. The van der Waals surface area contributed by atoms with Gasteiger partial charge < -0.3 is 18.9 Å². The molecule has 0 unspecified atom stereocenters. The van der Waals surface area contributed by atoms with E-state index in [2.05, 4.69) is 17.2 Å². The molecule has 1 heterocycles. The molecule has 8 heteroatoms. The lowest BCUT2D eigenvalue weighted by molar-refractivity contribution is -0.123. The molecule has 0 aromatic carbocycles. The number of carbonyl (C=O) groups is 1. The van der Waals surface area contributed by atoms with E-state index in [1.54, 1.807) is 0 Å². The molecule has 0 saturated carbocycles. The van der Waals surface area contributed by atoms with E-state index in [-0.39, 0.29) is 11.7 Å². The molecule has 0 bridgehead atoms. The van der Waals surface area contributed by atoms with Crippen LogP contribution in [-0.4, -0.2) is 73.6 Å². The van der Waals surface area contributed by atoms with Crippen molar-refractivity contribution >= 4 is 5.78 Å². The number of aryl methyl sites for hydroxylation is 1. The Labute approximate surface area is 181 Å². The Morgan fingerprint density at radius 1 is 0.900 bits per heavy atom. The topological polar surface area (TPSA) is 84.7 Å². The van der Waals surface area contributed by atoms with Gasteiger partial charge >= 0.3 is 0 Å². The first-order valence-corrected chi connectivity index (χ1v) is 11.4. The molecular formula is C22H41N3O5. The summed E-state index contributed by atoms with van der Waals surface area (Å²) in [6, 6.07) is 0. The minimum Gasteiger partial charge on any atom is -0.379 e. The predicted molar refractivity (Wildman–Crippen MR) is 116 cm³/mol. The summed E-state index contributed by atoms with van der Waals surface area (Å²) < 4.78 is 23.7. The average molecular weight is 428 g/mol. The molecule has 1 aromatic heterocycles.